The van der Waals surface area contributed by atoms with Crippen LogP contribution in [0.4, 0.5) is 0 Å². The van der Waals surface area contributed by atoms with Gasteiger partial charge in [-0.25, -0.2) is 4.57 Å². The molecule has 4 atom stereocenters. The second-order valence-corrected chi connectivity index (χ2v) is 16.1. The van der Waals surface area contributed by atoms with E-state index in [1.54, 1.807) is 0 Å². The SMILES string of the molecule is CCCCC/C=C\C/C=C\CCCCCCCCCC(=O)O[C@H](COC(=O)CCC/C=C\C/C=C\C/C=C\C/C=C\CC[C@@H](O)CC)COP(=O)(O)OC[C@H](N)C(=O)O. The highest BCUT2D eigenvalue weighted by Crippen LogP contribution is 2.43. The average molecular weight is 852 g/mol. The summed E-state index contributed by atoms with van der Waals surface area (Å²) in [4.78, 5) is 46.0. The maximum absolute atomic E-state index is 12.6. The largest absolute Gasteiger partial charge is 0.480 e. The molecule has 0 fully saturated rings. The number of allylic oxidation sites excluding steroid dienone is 12. The molecule has 338 valence electrons. The van der Waals surface area contributed by atoms with Crippen molar-refractivity contribution in [3.63, 3.8) is 0 Å². The van der Waals surface area contributed by atoms with E-state index in [1.165, 1.54) is 32.1 Å². The fourth-order valence-corrected chi connectivity index (χ4v) is 6.20. The van der Waals surface area contributed by atoms with Crippen LogP contribution in [-0.4, -0.2) is 71.1 Å². The smallest absolute Gasteiger partial charge is 0.472 e. The first kappa shape index (κ1) is 55.9. The minimum atomic E-state index is -4.74. The van der Waals surface area contributed by atoms with Crippen molar-refractivity contribution >= 4 is 25.7 Å². The Morgan fingerprint density at radius 3 is 1.59 bits per heavy atom. The Kier molecular flexibility index (Phi) is 38.2. The number of nitrogens with two attached hydrogens (primary N) is 1. The molecule has 13 heteroatoms. The molecule has 0 aliphatic heterocycles. The third-order valence-electron chi connectivity index (χ3n) is 9.09. The zero-order valence-electron chi connectivity index (χ0n) is 36.2. The van der Waals surface area contributed by atoms with Crippen LogP contribution in [0.1, 0.15) is 162 Å². The number of aliphatic hydroxyl groups excluding tert-OH is 1. The number of aliphatic hydroxyl groups is 1. The summed E-state index contributed by atoms with van der Waals surface area (Å²) >= 11 is 0. The molecule has 0 saturated heterocycles. The lowest BCUT2D eigenvalue weighted by Gasteiger charge is -2.20. The first-order valence-corrected chi connectivity index (χ1v) is 23.5. The molecule has 0 aliphatic rings. The van der Waals surface area contributed by atoms with Crippen molar-refractivity contribution in [1.29, 1.82) is 0 Å². The van der Waals surface area contributed by atoms with Crippen molar-refractivity contribution < 1.29 is 52.6 Å². The van der Waals surface area contributed by atoms with Gasteiger partial charge in [0.25, 0.3) is 0 Å². The highest BCUT2D eigenvalue weighted by molar-refractivity contribution is 7.47. The van der Waals surface area contributed by atoms with Crippen LogP contribution in [0, 0.1) is 0 Å². The van der Waals surface area contributed by atoms with Crippen LogP contribution in [0.5, 0.6) is 0 Å². The number of carboxylic acids is 1. The second-order valence-electron chi connectivity index (χ2n) is 14.6. The molecule has 0 bridgehead atoms. The van der Waals surface area contributed by atoms with E-state index in [-0.39, 0.29) is 18.9 Å². The molecular formula is C46H78NO11P. The molecule has 0 spiro atoms. The van der Waals surface area contributed by atoms with Crippen LogP contribution in [0.15, 0.2) is 72.9 Å². The van der Waals surface area contributed by atoms with Crippen LogP contribution in [-0.2, 0) is 37.5 Å². The summed E-state index contributed by atoms with van der Waals surface area (Å²) in [5.74, 6) is -2.49. The molecule has 0 amide bonds. The molecule has 0 heterocycles. The van der Waals surface area contributed by atoms with Crippen molar-refractivity contribution in [2.45, 2.75) is 180 Å². The van der Waals surface area contributed by atoms with Gasteiger partial charge in [0.2, 0.25) is 0 Å². The topological polar surface area (TPSA) is 192 Å². The summed E-state index contributed by atoms with van der Waals surface area (Å²) in [7, 11) is -4.74. The number of carbonyl (C=O) groups excluding carboxylic acids is 2. The number of hydrogen-bond donors (Lipinski definition) is 4. The van der Waals surface area contributed by atoms with E-state index in [0.29, 0.717) is 19.3 Å². The van der Waals surface area contributed by atoms with Crippen molar-refractivity contribution in [2.75, 3.05) is 19.8 Å². The van der Waals surface area contributed by atoms with E-state index in [1.807, 2.05) is 19.1 Å². The molecule has 0 rings (SSSR count). The van der Waals surface area contributed by atoms with Gasteiger partial charge in [0, 0.05) is 12.8 Å². The lowest BCUT2D eigenvalue weighted by Crippen LogP contribution is -2.34. The fourth-order valence-electron chi connectivity index (χ4n) is 5.42. The maximum Gasteiger partial charge on any atom is 0.472 e. The van der Waals surface area contributed by atoms with Crippen LogP contribution in [0.25, 0.3) is 0 Å². The summed E-state index contributed by atoms with van der Waals surface area (Å²) in [5.41, 5.74) is 5.33. The predicted octanol–water partition coefficient (Wildman–Crippen LogP) is 10.7. The van der Waals surface area contributed by atoms with E-state index in [4.69, 9.17) is 24.8 Å². The lowest BCUT2D eigenvalue weighted by molar-refractivity contribution is -0.161. The highest BCUT2D eigenvalue weighted by atomic mass is 31.2. The van der Waals surface area contributed by atoms with Gasteiger partial charge < -0.3 is 30.3 Å². The minimum Gasteiger partial charge on any atom is -0.480 e. The van der Waals surface area contributed by atoms with E-state index in [0.717, 1.165) is 83.5 Å². The van der Waals surface area contributed by atoms with Crippen LogP contribution < -0.4 is 5.73 Å². The Balaban J connectivity index is 4.48. The van der Waals surface area contributed by atoms with Gasteiger partial charge in [-0.05, 0) is 89.9 Å². The Hall–Kier alpha value is -3.12. The molecule has 12 nitrogen and oxygen atoms in total. The quantitative estimate of drug-likeness (QED) is 0.0198. The number of hydrogen-bond acceptors (Lipinski definition) is 10. The van der Waals surface area contributed by atoms with Gasteiger partial charge in [0.15, 0.2) is 6.10 Å². The molecule has 0 aromatic heterocycles. The zero-order valence-corrected chi connectivity index (χ0v) is 37.1. The van der Waals surface area contributed by atoms with Crippen LogP contribution >= 0.6 is 7.82 Å². The summed E-state index contributed by atoms with van der Waals surface area (Å²) < 4.78 is 32.6. The summed E-state index contributed by atoms with van der Waals surface area (Å²) in [6.45, 7) is 2.42. The van der Waals surface area contributed by atoms with Gasteiger partial charge in [-0.3, -0.25) is 23.4 Å². The summed E-state index contributed by atoms with van der Waals surface area (Å²) in [5, 5.41) is 18.4. The lowest BCUT2D eigenvalue weighted by atomic mass is 10.1. The Bertz CT molecular complexity index is 1290. The maximum atomic E-state index is 12.6. The first-order chi connectivity index (χ1) is 28.5. The molecule has 0 radical (unpaired) electrons. The monoisotopic (exact) mass is 852 g/mol. The van der Waals surface area contributed by atoms with Gasteiger partial charge in [-0.2, -0.15) is 0 Å². The normalized spacial score (nSPS) is 14.9. The van der Waals surface area contributed by atoms with Gasteiger partial charge in [0.05, 0.1) is 19.3 Å². The van der Waals surface area contributed by atoms with E-state index < -0.39 is 57.7 Å². The number of carbonyl (C=O) groups is 3. The van der Waals surface area contributed by atoms with E-state index >= 15 is 0 Å². The molecular weight excluding hydrogens is 773 g/mol. The van der Waals surface area contributed by atoms with Gasteiger partial charge in [0.1, 0.15) is 12.6 Å². The minimum absolute atomic E-state index is 0.127. The third-order valence-corrected chi connectivity index (χ3v) is 10.0. The number of rotatable bonds is 40. The molecule has 1 unspecified atom stereocenters. The first-order valence-electron chi connectivity index (χ1n) is 22.0. The predicted molar refractivity (Wildman–Crippen MR) is 237 cm³/mol. The van der Waals surface area contributed by atoms with Crippen LogP contribution in [0.3, 0.4) is 0 Å². The van der Waals surface area contributed by atoms with Crippen molar-refractivity contribution in [3.8, 4) is 0 Å². The van der Waals surface area contributed by atoms with Gasteiger partial charge in [-0.1, -0.05) is 132 Å². The number of ether oxygens (including phenoxy) is 2. The molecule has 0 aromatic rings. The van der Waals surface area contributed by atoms with Crippen molar-refractivity contribution in [1.82, 2.24) is 0 Å². The Labute approximate surface area is 355 Å². The highest BCUT2D eigenvalue weighted by Gasteiger charge is 2.28. The summed E-state index contributed by atoms with van der Waals surface area (Å²) in [6.07, 6.45) is 44.8. The van der Waals surface area contributed by atoms with Crippen molar-refractivity contribution in [2.24, 2.45) is 5.73 Å². The number of phosphoric acid groups is 1. The molecule has 5 N–H and O–H groups in total. The van der Waals surface area contributed by atoms with Crippen molar-refractivity contribution in [3.05, 3.63) is 72.9 Å². The number of aliphatic carboxylic acids is 1. The number of phosphoric ester groups is 1. The van der Waals surface area contributed by atoms with E-state index in [2.05, 4.69) is 72.2 Å². The second kappa shape index (κ2) is 40.3. The third kappa shape index (κ3) is 40.1. The van der Waals surface area contributed by atoms with Gasteiger partial charge in [-0.15, -0.1) is 0 Å². The summed E-state index contributed by atoms with van der Waals surface area (Å²) in [6, 6.07) is -1.54. The Morgan fingerprint density at radius 2 is 1.05 bits per heavy atom. The molecule has 59 heavy (non-hydrogen) atoms. The molecule has 0 aromatic carbocycles. The fraction of sp³-hybridized carbons (Fsp3) is 0.674. The zero-order chi connectivity index (χ0) is 43.7. The van der Waals surface area contributed by atoms with Crippen LogP contribution in [0.2, 0.25) is 0 Å². The van der Waals surface area contributed by atoms with Gasteiger partial charge >= 0.3 is 25.7 Å². The number of carboxylic acid groups (broad SMARTS) is 1. The molecule has 0 saturated carbocycles. The standard InChI is InChI=1S/C46H78NO11P/c1-3-5-6-7-8-9-10-11-12-13-14-19-22-25-28-31-34-37-45(50)58-42(39-56-59(53,54)57-40-43(47)46(51)52)38-55-44(49)36-33-30-27-24-21-18-16-15-17-20-23-26-29-32-35-41(48)4-2/h8-9,11-12,16-18,20,24,26-27,29,41-43,48H,3-7,10,13-15,19,21-23,25,28,30-40,47H2,1-2H3,(H,51,52)(H,53,54)/b9-8-,12-11-,18-16-,20-17-,27-24-,29-26-/t41-,42+,43-/m0/s1. The average Bonchev–Trinajstić information content (AvgIpc) is 3.21. The number of unbranched alkanes of at least 4 members (excludes halogenated alkanes) is 11. The molecule has 0 aliphatic carbocycles. The van der Waals surface area contributed by atoms with E-state index in [9.17, 15) is 28.9 Å². The Morgan fingerprint density at radius 1 is 0.593 bits per heavy atom. The number of esters is 2.